The van der Waals surface area contributed by atoms with E-state index in [1.54, 1.807) is 0 Å². The van der Waals surface area contributed by atoms with Crippen molar-refractivity contribution in [3.8, 4) is 0 Å². The van der Waals surface area contributed by atoms with E-state index < -0.39 is 0 Å². The zero-order chi connectivity index (χ0) is 11.5. The summed E-state index contributed by atoms with van der Waals surface area (Å²) in [4.78, 5) is 17.6. The van der Waals surface area contributed by atoms with Gasteiger partial charge in [-0.3, -0.25) is 4.79 Å². The van der Waals surface area contributed by atoms with Crippen LogP contribution in [0.5, 0.6) is 0 Å². The van der Waals surface area contributed by atoms with E-state index in [0.29, 0.717) is 12.4 Å². The first kappa shape index (κ1) is 12.0. The van der Waals surface area contributed by atoms with Gasteiger partial charge in [0.05, 0.1) is 6.33 Å². The summed E-state index contributed by atoms with van der Waals surface area (Å²) < 4.78 is 0. The molecule has 0 saturated heterocycles. The number of hydrogen-bond donors (Lipinski definition) is 3. The Bertz CT molecular complexity index is 388. The molecule has 0 aliphatic heterocycles. The molecule has 1 rings (SSSR count). The first-order chi connectivity index (χ1) is 6.96. The van der Waals surface area contributed by atoms with Crippen molar-refractivity contribution < 1.29 is 0 Å². The van der Waals surface area contributed by atoms with Crippen molar-refractivity contribution in [2.75, 3.05) is 11.9 Å². The number of nitrogens with one attached hydrogen (secondary N) is 2. The van der Waals surface area contributed by atoms with Crippen LogP contribution in [0.1, 0.15) is 20.3 Å². The van der Waals surface area contributed by atoms with Gasteiger partial charge in [-0.2, -0.15) is 0 Å². The molecule has 5 nitrogen and oxygen atoms in total. The molecule has 1 aromatic rings. The van der Waals surface area contributed by atoms with E-state index in [-0.39, 0.29) is 16.1 Å². The quantitative estimate of drug-likeness (QED) is 0.720. The summed E-state index contributed by atoms with van der Waals surface area (Å²) in [6.45, 7) is 4.50. The van der Waals surface area contributed by atoms with Crippen molar-refractivity contribution in [2.24, 2.45) is 5.73 Å². The molecular weight excluding hydrogens is 216 g/mol. The number of nitrogens with zero attached hydrogens (tertiary/aromatic N) is 1. The lowest BCUT2D eigenvalue weighted by Crippen LogP contribution is -2.34. The summed E-state index contributed by atoms with van der Waals surface area (Å²) in [5.41, 5.74) is 4.89. The fourth-order valence-corrected chi connectivity index (χ4v) is 1.36. The van der Waals surface area contributed by atoms with Crippen LogP contribution in [-0.2, 0) is 0 Å². The maximum atomic E-state index is 11.2. The molecule has 0 fully saturated rings. The summed E-state index contributed by atoms with van der Waals surface area (Å²) in [7, 11) is 0. The number of anilines is 1. The predicted molar refractivity (Wildman–Crippen MR) is 61.2 cm³/mol. The van der Waals surface area contributed by atoms with Crippen molar-refractivity contribution in [2.45, 2.75) is 25.8 Å². The minimum atomic E-state index is -0.349. The van der Waals surface area contributed by atoms with Crippen molar-refractivity contribution in [3.05, 3.63) is 21.7 Å². The lowest BCUT2D eigenvalue weighted by atomic mass is 10.0. The molecule has 0 aliphatic carbocycles. The number of halogens is 1. The second kappa shape index (κ2) is 4.63. The summed E-state index contributed by atoms with van der Waals surface area (Å²) in [5.74, 6) is 0.388. The molecule has 15 heavy (non-hydrogen) atoms. The van der Waals surface area contributed by atoms with E-state index in [1.807, 2.05) is 13.8 Å². The minimum Gasteiger partial charge on any atom is -0.364 e. The number of hydrogen-bond acceptors (Lipinski definition) is 4. The summed E-state index contributed by atoms with van der Waals surface area (Å²) in [5, 5.41) is 3.16. The summed E-state index contributed by atoms with van der Waals surface area (Å²) in [6.07, 6.45) is 2.08. The van der Waals surface area contributed by atoms with Gasteiger partial charge in [-0.15, -0.1) is 0 Å². The molecule has 0 atom stereocenters. The molecule has 0 radical (unpaired) electrons. The SMILES string of the molecule is CC(C)(CCN)Nc1nc[nH]c(=O)c1Cl. The Labute approximate surface area is 93.0 Å². The topological polar surface area (TPSA) is 83.8 Å². The Morgan fingerprint density at radius 3 is 2.93 bits per heavy atom. The van der Waals surface area contributed by atoms with Crippen LogP contribution in [0.25, 0.3) is 0 Å². The van der Waals surface area contributed by atoms with Crippen LogP contribution >= 0.6 is 11.6 Å². The van der Waals surface area contributed by atoms with Crippen molar-refractivity contribution in [3.63, 3.8) is 0 Å². The second-order valence-electron chi connectivity index (χ2n) is 3.94. The van der Waals surface area contributed by atoms with Gasteiger partial charge in [0.25, 0.3) is 5.56 Å². The average Bonchev–Trinajstić information content (AvgIpc) is 2.12. The maximum absolute atomic E-state index is 11.2. The van der Waals surface area contributed by atoms with E-state index in [2.05, 4.69) is 15.3 Å². The molecule has 1 aromatic heterocycles. The molecule has 1 heterocycles. The van der Waals surface area contributed by atoms with Gasteiger partial charge in [0, 0.05) is 5.54 Å². The number of rotatable bonds is 4. The molecule has 0 saturated carbocycles. The number of aromatic nitrogens is 2. The third-order valence-electron chi connectivity index (χ3n) is 2.02. The Balaban J connectivity index is 2.90. The van der Waals surface area contributed by atoms with E-state index in [4.69, 9.17) is 17.3 Å². The van der Waals surface area contributed by atoms with Crippen molar-refractivity contribution in [1.29, 1.82) is 0 Å². The Morgan fingerprint density at radius 2 is 2.33 bits per heavy atom. The zero-order valence-corrected chi connectivity index (χ0v) is 9.56. The fraction of sp³-hybridized carbons (Fsp3) is 0.556. The van der Waals surface area contributed by atoms with E-state index in [0.717, 1.165) is 6.42 Å². The van der Waals surface area contributed by atoms with Gasteiger partial charge in [0.15, 0.2) is 5.82 Å². The minimum absolute atomic E-state index is 0.0718. The molecular formula is C9H15ClN4O. The van der Waals surface area contributed by atoms with Crippen LogP contribution in [0.2, 0.25) is 5.02 Å². The summed E-state index contributed by atoms with van der Waals surface area (Å²) >= 11 is 5.80. The number of nitrogens with two attached hydrogens (primary N) is 1. The van der Waals surface area contributed by atoms with E-state index in [9.17, 15) is 4.79 Å². The highest BCUT2D eigenvalue weighted by Gasteiger charge is 2.18. The highest BCUT2D eigenvalue weighted by atomic mass is 35.5. The van der Waals surface area contributed by atoms with Crippen LogP contribution in [0, 0.1) is 0 Å². The van der Waals surface area contributed by atoms with E-state index >= 15 is 0 Å². The number of H-pyrrole nitrogens is 1. The first-order valence-electron chi connectivity index (χ1n) is 4.68. The lowest BCUT2D eigenvalue weighted by Gasteiger charge is -2.26. The Morgan fingerprint density at radius 1 is 1.67 bits per heavy atom. The van der Waals surface area contributed by atoms with Gasteiger partial charge in [0.2, 0.25) is 0 Å². The Kier molecular flexibility index (Phi) is 3.71. The molecule has 0 aliphatic rings. The maximum Gasteiger partial charge on any atom is 0.271 e. The Hall–Kier alpha value is -1.07. The van der Waals surface area contributed by atoms with Crippen LogP contribution in [0.15, 0.2) is 11.1 Å². The molecule has 0 amide bonds. The largest absolute Gasteiger partial charge is 0.364 e. The first-order valence-corrected chi connectivity index (χ1v) is 5.05. The monoisotopic (exact) mass is 230 g/mol. The van der Waals surface area contributed by atoms with Crippen molar-refractivity contribution in [1.82, 2.24) is 9.97 Å². The second-order valence-corrected chi connectivity index (χ2v) is 4.32. The van der Waals surface area contributed by atoms with Crippen LogP contribution < -0.4 is 16.6 Å². The van der Waals surface area contributed by atoms with Crippen LogP contribution in [0.3, 0.4) is 0 Å². The molecule has 0 unspecified atom stereocenters. The van der Waals surface area contributed by atoms with Gasteiger partial charge in [0.1, 0.15) is 5.02 Å². The summed E-state index contributed by atoms with van der Waals surface area (Å²) in [6, 6.07) is 0. The van der Waals surface area contributed by atoms with Gasteiger partial charge in [-0.1, -0.05) is 11.6 Å². The van der Waals surface area contributed by atoms with E-state index in [1.165, 1.54) is 6.33 Å². The fourth-order valence-electron chi connectivity index (χ4n) is 1.21. The molecule has 0 aromatic carbocycles. The van der Waals surface area contributed by atoms with Gasteiger partial charge in [-0.05, 0) is 26.8 Å². The van der Waals surface area contributed by atoms with Crippen LogP contribution in [-0.4, -0.2) is 22.1 Å². The van der Waals surface area contributed by atoms with Gasteiger partial charge < -0.3 is 16.0 Å². The number of aromatic amines is 1. The van der Waals surface area contributed by atoms with Crippen LogP contribution in [0.4, 0.5) is 5.82 Å². The highest BCUT2D eigenvalue weighted by molar-refractivity contribution is 6.32. The predicted octanol–water partition coefficient (Wildman–Crippen LogP) is 0.963. The normalized spacial score (nSPS) is 11.5. The molecule has 6 heteroatoms. The molecule has 0 spiro atoms. The lowest BCUT2D eigenvalue weighted by molar-refractivity contribution is 0.524. The average molecular weight is 231 g/mol. The van der Waals surface area contributed by atoms with Gasteiger partial charge >= 0.3 is 0 Å². The molecule has 0 bridgehead atoms. The van der Waals surface area contributed by atoms with Gasteiger partial charge in [-0.25, -0.2) is 4.98 Å². The van der Waals surface area contributed by atoms with Crippen molar-refractivity contribution >= 4 is 17.4 Å². The molecule has 4 N–H and O–H groups in total. The third kappa shape index (κ3) is 3.21. The zero-order valence-electron chi connectivity index (χ0n) is 8.80. The standard InChI is InChI=1S/C9H15ClN4O/c1-9(2,3-4-11)14-7-6(10)8(15)13-5-12-7/h5H,3-4,11H2,1-2H3,(H2,12,13,14,15). The third-order valence-corrected chi connectivity index (χ3v) is 2.37. The highest BCUT2D eigenvalue weighted by Crippen LogP contribution is 2.19. The smallest absolute Gasteiger partial charge is 0.271 e. The molecule has 84 valence electrons.